The molecule has 2 aromatic carbocycles. The highest BCUT2D eigenvalue weighted by Gasteiger charge is 2.65. The first-order valence-corrected chi connectivity index (χ1v) is 9.39. The molecule has 1 nitrogen and oxygen atoms in total. The van der Waals surface area contributed by atoms with Crippen LogP contribution in [0.1, 0.15) is 63.6 Å². The summed E-state index contributed by atoms with van der Waals surface area (Å²) in [7, 11) is 2.13. The van der Waals surface area contributed by atoms with E-state index in [4.69, 9.17) is 0 Å². The molecule has 0 bridgehead atoms. The molecule has 1 saturated carbocycles. The lowest BCUT2D eigenvalue weighted by molar-refractivity contribution is 0.435. The molecule has 0 aliphatic heterocycles. The predicted molar refractivity (Wildman–Crippen MR) is 103 cm³/mol. The molecule has 0 spiro atoms. The van der Waals surface area contributed by atoms with Crippen LogP contribution in [0.4, 0.5) is 0 Å². The Labute approximate surface area is 146 Å². The summed E-state index contributed by atoms with van der Waals surface area (Å²) < 4.78 is 0. The van der Waals surface area contributed by atoms with Crippen LogP contribution in [-0.4, -0.2) is 12.6 Å². The second kappa shape index (κ2) is 4.95. The number of hydrogen-bond acceptors (Lipinski definition) is 1. The van der Waals surface area contributed by atoms with E-state index in [9.17, 15) is 0 Å². The molecular formula is C23H29N. The smallest absolute Gasteiger partial charge is 0.0282 e. The molecule has 0 aromatic heterocycles. The van der Waals surface area contributed by atoms with Gasteiger partial charge in [0.05, 0.1) is 0 Å². The standard InChI is InChI=1S/C23H29N/c1-6-22(15-23(22,7-2)24-5)16-12-13-20-18(14-16)17-10-8-9-11-19(17)21(20,3)4/h8-14,24H,6-7,15H2,1-5H3. The topological polar surface area (TPSA) is 12.0 Å². The number of rotatable bonds is 4. The third-order valence-electron chi connectivity index (χ3n) is 7.22. The van der Waals surface area contributed by atoms with Crippen LogP contribution in [0, 0.1) is 0 Å². The minimum absolute atomic E-state index is 0.109. The normalized spacial score (nSPS) is 29.2. The molecule has 0 radical (unpaired) electrons. The maximum Gasteiger partial charge on any atom is 0.0282 e. The van der Waals surface area contributed by atoms with E-state index in [1.165, 1.54) is 47.1 Å². The highest BCUT2D eigenvalue weighted by molar-refractivity contribution is 5.81. The van der Waals surface area contributed by atoms with Gasteiger partial charge in [0.15, 0.2) is 0 Å². The highest BCUT2D eigenvalue weighted by atomic mass is 15.0. The number of fused-ring (bicyclic) bond motifs is 3. The van der Waals surface area contributed by atoms with Crippen molar-refractivity contribution in [1.29, 1.82) is 0 Å². The second-order valence-electron chi connectivity index (χ2n) is 8.23. The summed E-state index contributed by atoms with van der Waals surface area (Å²) in [5.41, 5.74) is 8.04. The van der Waals surface area contributed by atoms with Crippen LogP contribution in [0.25, 0.3) is 11.1 Å². The SMILES string of the molecule is CCC1(NC)CC1(CC)c1ccc2c(c1)-c1ccccc1C2(C)C. The van der Waals surface area contributed by atoms with Gasteiger partial charge in [0.2, 0.25) is 0 Å². The molecule has 2 aromatic rings. The molecule has 0 amide bonds. The van der Waals surface area contributed by atoms with Gasteiger partial charge in [-0.15, -0.1) is 0 Å². The molecule has 2 atom stereocenters. The minimum Gasteiger partial charge on any atom is -0.313 e. The van der Waals surface area contributed by atoms with E-state index in [0.29, 0.717) is 5.41 Å². The monoisotopic (exact) mass is 319 g/mol. The number of likely N-dealkylation sites (N-methyl/N-ethyl adjacent to an activating group) is 1. The van der Waals surface area contributed by atoms with Crippen molar-refractivity contribution in [2.75, 3.05) is 7.05 Å². The molecule has 2 unspecified atom stereocenters. The summed E-state index contributed by atoms with van der Waals surface area (Å²) in [6, 6.07) is 16.2. The lowest BCUT2D eigenvalue weighted by Crippen LogP contribution is -2.35. The van der Waals surface area contributed by atoms with E-state index in [1.807, 2.05) is 0 Å². The van der Waals surface area contributed by atoms with Crippen molar-refractivity contribution in [1.82, 2.24) is 5.32 Å². The summed E-state index contributed by atoms with van der Waals surface area (Å²) in [4.78, 5) is 0. The molecule has 1 N–H and O–H groups in total. The number of benzene rings is 2. The van der Waals surface area contributed by atoms with Crippen LogP contribution >= 0.6 is 0 Å². The van der Waals surface area contributed by atoms with E-state index in [-0.39, 0.29) is 11.0 Å². The highest BCUT2D eigenvalue weighted by Crippen LogP contribution is 2.62. The summed E-state index contributed by atoms with van der Waals surface area (Å²) in [6.07, 6.45) is 3.65. The summed E-state index contributed by atoms with van der Waals surface area (Å²) in [5, 5.41) is 3.65. The van der Waals surface area contributed by atoms with Crippen molar-refractivity contribution in [3.8, 4) is 11.1 Å². The van der Waals surface area contributed by atoms with Crippen molar-refractivity contribution >= 4 is 0 Å². The fraction of sp³-hybridized carbons (Fsp3) is 0.478. The quantitative estimate of drug-likeness (QED) is 0.794. The maximum atomic E-state index is 3.65. The Kier molecular flexibility index (Phi) is 3.28. The van der Waals surface area contributed by atoms with E-state index < -0.39 is 0 Å². The molecule has 2 aliphatic carbocycles. The van der Waals surface area contributed by atoms with Gasteiger partial charge < -0.3 is 5.32 Å². The van der Waals surface area contributed by atoms with Gasteiger partial charge in [0, 0.05) is 16.4 Å². The molecule has 24 heavy (non-hydrogen) atoms. The van der Waals surface area contributed by atoms with Crippen LogP contribution in [0.3, 0.4) is 0 Å². The van der Waals surface area contributed by atoms with Crippen molar-refractivity contribution in [3.05, 3.63) is 59.2 Å². The zero-order valence-corrected chi connectivity index (χ0v) is 15.7. The average Bonchev–Trinajstić information content (AvgIpc) is 3.25. The zero-order valence-electron chi connectivity index (χ0n) is 15.7. The average molecular weight is 319 g/mol. The van der Waals surface area contributed by atoms with Crippen LogP contribution in [-0.2, 0) is 10.8 Å². The Morgan fingerprint density at radius 3 is 2.25 bits per heavy atom. The first kappa shape index (κ1) is 15.9. The van der Waals surface area contributed by atoms with Crippen molar-refractivity contribution in [2.24, 2.45) is 0 Å². The lowest BCUT2D eigenvalue weighted by atomic mass is 9.80. The van der Waals surface area contributed by atoms with Gasteiger partial charge in [-0.05, 0) is 54.1 Å². The van der Waals surface area contributed by atoms with Gasteiger partial charge in [-0.3, -0.25) is 0 Å². The molecule has 1 heteroatoms. The first-order chi connectivity index (χ1) is 11.5. The number of nitrogens with one attached hydrogen (secondary N) is 1. The minimum atomic E-state index is 0.109. The molecule has 2 aliphatic rings. The second-order valence-corrected chi connectivity index (χ2v) is 8.23. The Bertz CT molecular complexity index is 797. The summed E-state index contributed by atoms with van der Waals surface area (Å²) >= 11 is 0. The number of hydrogen-bond donors (Lipinski definition) is 1. The molecule has 1 fully saturated rings. The van der Waals surface area contributed by atoms with E-state index in [2.05, 4.69) is 82.5 Å². The predicted octanol–water partition coefficient (Wildman–Crippen LogP) is 5.41. The van der Waals surface area contributed by atoms with Crippen LogP contribution < -0.4 is 5.32 Å². The Balaban J connectivity index is 1.88. The fourth-order valence-electron chi connectivity index (χ4n) is 5.50. The van der Waals surface area contributed by atoms with Gasteiger partial charge in [0.25, 0.3) is 0 Å². The zero-order chi connectivity index (χ0) is 17.2. The van der Waals surface area contributed by atoms with Crippen LogP contribution in [0.15, 0.2) is 42.5 Å². The van der Waals surface area contributed by atoms with Gasteiger partial charge in [-0.1, -0.05) is 70.2 Å². The maximum absolute atomic E-state index is 3.65. The van der Waals surface area contributed by atoms with Crippen molar-refractivity contribution in [3.63, 3.8) is 0 Å². The first-order valence-electron chi connectivity index (χ1n) is 9.39. The molecular weight excluding hydrogens is 290 g/mol. The van der Waals surface area contributed by atoms with E-state index in [0.717, 1.165) is 0 Å². The summed E-state index contributed by atoms with van der Waals surface area (Å²) in [5.74, 6) is 0. The van der Waals surface area contributed by atoms with Crippen LogP contribution in [0.2, 0.25) is 0 Å². The molecule has 4 rings (SSSR count). The van der Waals surface area contributed by atoms with E-state index in [1.54, 1.807) is 0 Å². The van der Waals surface area contributed by atoms with Crippen LogP contribution in [0.5, 0.6) is 0 Å². The molecule has 0 heterocycles. The Morgan fingerprint density at radius 1 is 0.917 bits per heavy atom. The van der Waals surface area contributed by atoms with E-state index >= 15 is 0 Å². The Hall–Kier alpha value is -1.60. The fourth-order valence-corrected chi connectivity index (χ4v) is 5.50. The van der Waals surface area contributed by atoms with Gasteiger partial charge in [-0.2, -0.15) is 0 Å². The van der Waals surface area contributed by atoms with Gasteiger partial charge in [0.1, 0.15) is 0 Å². The third kappa shape index (κ3) is 1.74. The van der Waals surface area contributed by atoms with Crippen molar-refractivity contribution in [2.45, 2.75) is 63.3 Å². The van der Waals surface area contributed by atoms with Gasteiger partial charge >= 0.3 is 0 Å². The third-order valence-corrected chi connectivity index (χ3v) is 7.22. The summed E-state index contributed by atoms with van der Waals surface area (Å²) in [6.45, 7) is 9.38. The van der Waals surface area contributed by atoms with Crippen molar-refractivity contribution < 1.29 is 0 Å². The lowest BCUT2D eigenvalue weighted by Gasteiger charge is -2.26. The largest absolute Gasteiger partial charge is 0.313 e. The van der Waals surface area contributed by atoms with Gasteiger partial charge in [-0.25, -0.2) is 0 Å². The Morgan fingerprint density at radius 2 is 1.62 bits per heavy atom. The molecule has 0 saturated heterocycles. The molecule has 126 valence electrons.